The molecule has 1 aromatic rings. The highest BCUT2D eigenvalue weighted by Crippen LogP contribution is 2.18. The molecule has 1 aliphatic heterocycles. The van der Waals surface area contributed by atoms with Crippen molar-refractivity contribution in [2.24, 2.45) is 0 Å². The van der Waals surface area contributed by atoms with E-state index < -0.39 is 10.0 Å². The Bertz CT molecular complexity index is 521. The Morgan fingerprint density at radius 3 is 2.89 bits per heavy atom. The third kappa shape index (κ3) is 2.89. The highest BCUT2D eigenvalue weighted by molar-refractivity contribution is 7.89. The Hall–Kier alpha value is -0.950. The first-order chi connectivity index (χ1) is 8.53. The summed E-state index contributed by atoms with van der Waals surface area (Å²) in [6.45, 7) is 2.57. The number of hydrogen-bond donors (Lipinski definition) is 2. The summed E-state index contributed by atoms with van der Waals surface area (Å²) in [5.41, 5.74) is 1.25. The summed E-state index contributed by atoms with van der Waals surface area (Å²) in [5.74, 6) is 0. The number of ether oxygens (including phenoxy) is 1. The van der Waals surface area contributed by atoms with Gasteiger partial charge in [0.25, 0.3) is 0 Å². The fraction of sp³-hybridized carbons (Fsp3) is 0.500. The third-order valence-electron chi connectivity index (χ3n) is 2.98. The van der Waals surface area contributed by atoms with E-state index in [1.807, 2.05) is 0 Å². The summed E-state index contributed by atoms with van der Waals surface area (Å²) in [6, 6.07) is 4.76. The lowest BCUT2D eigenvalue weighted by Gasteiger charge is -2.13. The van der Waals surface area contributed by atoms with Crippen LogP contribution >= 0.6 is 0 Å². The topological polar surface area (TPSA) is 75.6 Å². The van der Waals surface area contributed by atoms with Gasteiger partial charge in [-0.3, -0.25) is 0 Å². The molecule has 1 aliphatic rings. The van der Waals surface area contributed by atoms with E-state index in [0.717, 1.165) is 0 Å². The first-order valence-corrected chi connectivity index (χ1v) is 7.32. The minimum atomic E-state index is -3.55. The first-order valence-electron chi connectivity index (χ1n) is 5.83. The molecule has 2 rings (SSSR count). The van der Waals surface area contributed by atoms with Crippen LogP contribution in [0.5, 0.6) is 0 Å². The maximum Gasteiger partial charge on any atom is 0.241 e. The van der Waals surface area contributed by atoms with Gasteiger partial charge in [-0.2, -0.15) is 0 Å². The molecular weight excluding hydrogens is 254 g/mol. The Labute approximate surface area is 107 Å². The van der Waals surface area contributed by atoms with Crippen LogP contribution in [0.4, 0.5) is 0 Å². The largest absolute Gasteiger partial charge is 0.392 e. The Balaban J connectivity index is 2.27. The van der Waals surface area contributed by atoms with Gasteiger partial charge in [0, 0.05) is 12.6 Å². The van der Waals surface area contributed by atoms with Crippen molar-refractivity contribution in [2.45, 2.75) is 30.9 Å². The Morgan fingerprint density at radius 1 is 1.50 bits per heavy atom. The number of hydrogen-bond acceptors (Lipinski definition) is 4. The van der Waals surface area contributed by atoms with Crippen LogP contribution in [-0.4, -0.2) is 32.8 Å². The molecule has 0 amide bonds. The molecular formula is C12H17NO4S. The van der Waals surface area contributed by atoms with Crippen LogP contribution in [0.2, 0.25) is 0 Å². The lowest BCUT2D eigenvalue weighted by atomic mass is 10.2. The lowest BCUT2D eigenvalue weighted by molar-refractivity contribution is 0.192. The smallest absolute Gasteiger partial charge is 0.241 e. The molecule has 1 saturated heterocycles. The number of aliphatic hydroxyl groups excluding tert-OH is 1. The number of nitrogens with one attached hydrogen (secondary N) is 1. The van der Waals surface area contributed by atoms with Crippen molar-refractivity contribution in [2.75, 3.05) is 13.2 Å². The minimum absolute atomic E-state index is 0.160. The van der Waals surface area contributed by atoms with Crippen LogP contribution in [0.15, 0.2) is 23.1 Å². The number of rotatable bonds is 4. The van der Waals surface area contributed by atoms with Crippen LogP contribution in [0.1, 0.15) is 17.5 Å². The van der Waals surface area contributed by atoms with Gasteiger partial charge in [-0.05, 0) is 30.5 Å². The van der Waals surface area contributed by atoms with Crippen LogP contribution in [0.25, 0.3) is 0 Å². The van der Waals surface area contributed by atoms with Crippen LogP contribution < -0.4 is 4.72 Å². The standard InChI is InChI=1S/C12H17NO4S/c1-9-2-3-10(7-14)6-12(9)18(15,16)13-11-4-5-17-8-11/h2-3,6,11,13-14H,4-5,7-8H2,1H3. The van der Waals surface area contributed by atoms with Gasteiger partial charge < -0.3 is 9.84 Å². The second-order valence-corrected chi connectivity index (χ2v) is 6.12. The van der Waals surface area contributed by atoms with Crippen molar-refractivity contribution >= 4 is 10.0 Å². The van der Waals surface area contributed by atoms with Crippen molar-refractivity contribution in [3.05, 3.63) is 29.3 Å². The molecule has 5 nitrogen and oxygen atoms in total. The Morgan fingerprint density at radius 2 is 2.28 bits per heavy atom. The molecule has 1 aromatic carbocycles. The van der Waals surface area contributed by atoms with Crippen molar-refractivity contribution in [1.29, 1.82) is 0 Å². The van der Waals surface area contributed by atoms with Crippen molar-refractivity contribution < 1.29 is 18.3 Å². The van der Waals surface area contributed by atoms with Gasteiger partial charge in [0.2, 0.25) is 10.0 Å². The van der Waals surface area contributed by atoms with Crippen molar-refractivity contribution in [3.63, 3.8) is 0 Å². The van der Waals surface area contributed by atoms with Gasteiger partial charge in [0.15, 0.2) is 0 Å². The van der Waals surface area contributed by atoms with Crippen LogP contribution in [0.3, 0.4) is 0 Å². The normalized spacial score (nSPS) is 20.2. The summed E-state index contributed by atoms with van der Waals surface area (Å²) < 4.78 is 32.2. The molecule has 100 valence electrons. The first kappa shape index (κ1) is 13.5. The molecule has 2 N–H and O–H groups in total. The molecule has 0 radical (unpaired) electrons. The molecule has 0 saturated carbocycles. The van der Waals surface area contributed by atoms with E-state index in [4.69, 9.17) is 9.84 Å². The van der Waals surface area contributed by atoms with Gasteiger partial charge in [-0.25, -0.2) is 13.1 Å². The average molecular weight is 271 g/mol. The Kier molecular flexibility index (Phi) is 4.01. The fourth-order valence-electron chi connectivity index (χ4n) is 1.94. The van der Waals surface area contributed by atoms with Gasteiger partial charge in [-0.1, -0.05) is 12.1 Å². The quantitative estimate of drug-likeness (QED) is 0.839. The van der Waals surface area contributed by atoms with Gasteiger partial charge in [0.05, 0.1) is 18.1 Å². The van der Waals surface area contributed by atoms with Crippen molar-refractivity contribution in [3.8, 4) is 0 Å². The monoisotopic (exact) mass is 271 g/mol. The third-order valence-corrected chi connectivity index (χ3v) is 4.64. The maximum atomic E-state index is 12.2. The predicted octanol–water partition coefficient (Wildman–Crippen LogP) is 0.555. The second-order valence-electron chi connectivity index (χ2n) is 4.44. The van der Waals surface area contributed by atoms with E-state index in [9.17, 15) is 8.42 Å². The second kappa shape index (κ2) is 5.36. The van der Waals surface area contributed by atoms with E-state index in [1.165, 1.54) is 6.07 Å². The number of aliphatic hydroxyl groups is 1. The lowest BCUT2D eigenvalue weighted by Crippen LogP contribution is -2.35. The highest BCUT2D eigenvalue weighted by atomic mass is 32.2. The SMILES string of the molecule is Cc1ccc(CO)cc1S(=O)(=O)NC1CCOC1. The molecule has 6 heteroatoms. The molecule has 1 fully saturated rings. The molecule has 0 aromatic heterocycles. The summed E-state index contributed by atoms with van der Waals surface area (Å²) >= 11 is 0. The number of aryl methyl sites for hydroxylation is 1. The molecule has 0 aliphatic carbocycles. The van der Waals surface area contributed by atoms with E-state index in [1.54, 1.807) is 19.1 Å². The fourth-order valence-corrected chi connectivity index (χ4v) is 3.49. The minimum Gasteiger partial charge on any atom is -0.392 e. The zero-order valence-electron chi connectivity index (χ0n) is 10.2. The molecule has 1 heterocycles. The van der Waals surface area contributed by atoms with Gasteiger partial charge in [-0.15, -0.1) is 0 Å². The average Bonchev–Trinajstić information content (AvgIpc) is 2.81. The van der Waals surface area contributed by atoms with E-state index >= 15 is 0 Å². The van der Waals surface area contributed by atoms with Crippen molar-refractivity contribution in [1.82, 2.24) is 4.72 Å². The maximum absolute atomic E-state index is 12.2. The van der Waals surface area contributed by atoms with Gasteiger partial charge in [0.1, 0.15) is 0 Å². The molecule has 1 atom stereocenters. The van der Waals surface area contributed by atoms with E-state index in [0.29, 0.717) is 30.8 Å². The van der Waals surface area contributed by atoms with E-state index in [-0.39, 0.29) is 17.5 Å². The van der Waals surface area contributed by atoms with E-state index in [2.05, 4.69) is 4.72 Å². The number of sulfonamides is 1. The summed E-state index contributed by atoms with van der Waals surface area (Å²) in [6.07, 6.45) is 0.692. The van der Waals surface area contributed by atoms with Crippen LogP contribution in [0, 0.1) is 6.92 Å². The summed E-state index contributed by atoms with van der Waals surface area (Å²) in [4.78, 5) is 0.223. The summed E-state index contributed by atoms with van der Waals surface area (Å²) in [5, 5.41) is 9.07. The number of benzene rings is 1. The zero-order valence-corrected chi connectivity index (χ0v) is 11.0. The molecule has 18 heavy (non-hydrogen) atoms. The zero-order chi connectivity index (χ0) is 13.2. The van der Waals surface area contributed by atoms with Gasteiger partial charge >= 0.3 is 0 Å². The predicted molar refractivity (Wildman–Crippen MR) is 66.6 cm³/mol. The molecule has 0 spiro atoms. The summed E-state index contributed by atoms with van der Waals surface area (Å²) in [7, 11) is -3.55. The molecule has 0 bridgehead atoms. The highest BCUT2D eigenvalue weighted by Gasteiger charge is 2.24. The van der Waals surface area contributed by atoms with Crippen LogP contribution in [-0.2, 0) is 21.4 Å². The molecule has 1 unspecified atom stereocenters.